The highest BCUT2D eigenvalue weighted by Crippen LogP contribution is 2.11. The van der Waals surface area contributed by atoms with Crippen molar-refractivity contribution < 1.29 is 38.1 Å². The highest BCUT2D eigenvalue weighted by molar-refractivity contribution is 5.69. The Kier molecular flexibility index (Phi) is 11.1. The van der Waals surface area contributed by atoms with Crippen LogP contribution in [0, 0.1) is 5.92 Å². The average Bonchev–Trinajstić information content (AvgIpc) is 2.69. The molecule has 1 aromatic carbocycles. The topological polar surface area (TPSA) is 97.4 Å². The Bertz CT molecular complexity index is 601. The second-order valence-electron chi connectivity index (χ2n) is 6.40. The van der Waals surface area contributed by atoms with E-state index in [1.165, 1.54) is 7.11 Å². The summed E-state index contributed by atoms with van der Waals surface area (Å²) in [6.45, 7) is 3.79. The Hall–Kier alpha value is -2.77. The Morgan fingerprint density at radius 1 is 0.929 bits per heavy atom. The summed E-state index contributed by atoms with van der Waals surface area (Å²) in [5.74, 6) is -0.188. The molecule has 0 aliphatic carbocycles. The predicted molar refractivity (Wildman–Crippen MR) is 99.5 cm³/mol. The van der Waals surface area contributed by atoms with Gasteiger partial charge < -0.3 is 23.7 Å². The molecule has 0 aliphatic heterocycles. The summed E-state index contributed by atoms with van der Waals surface area (Å²) in [6, 6.07) is 9.48. The second kappa shape index (κ2) is 13.4. The van der Waals surface area contributed by atoms with Gasteiger partial charge in [-0.05, 0) is 31.2 Å². The van der Waals surface area contributed by atoms with E-state index in [9.17, 15) is 14.4 Å². The lowest BCUT2D eigenvalue weighted by Gasteiger charge is -2.15. The highest BCUT2D eigenvalue weighted by atomic mass is 16.7. The van der Waals surface area contributed by atoms with Crippen molar-refractivity contribution in [3.8, 4) is 0 Å². The standard InChI is InChI=1S/C20H28O8/c1-15(12-26-20(23)28-16(2)13-27-19(22)24-3)8-7-11-18(21)25-14-17-9-5-4-6-10-17/h4-6,9-10,15-16H,7-8,11-14H2,1-3H3. The van der Waals surface area contributed by atoms with E-state index in [2.05, 4.69) is 9.47 Å². The quantitative estimate of drug-likeness (QED) is 0.411. The van der Waals surface area contributed by atoms with E-state index in [1.54, 1.807) is 6.92 Å². The number of hydrogen-bond acceptors (Lipinski definition) is 8. The number of rotatable bonds is 11. The molecule has 0 heterocycles. The van der Waals surface area contributed by atoms with Crippen molar-refractivity contribution in [1.29, 1.82) is 0 Å². The first-order chi connectivity index (χ1) is 13.4. The van der Waals surface area contributed by atoms with Crippen LogP contribution in [-0.2, 0) is 35.1 Å². The van der Waals surface area contributed by atoms with Gasteiger partial charge >= 0.3 is 18.3 Å². The third-order valence-electron chi connectivity index (χ3n) is 3.71. The zero-order valence-corrected chi connectivity index (χ0v) is 16.6. The molecule has 0 radical (unpaired) electrons. The van der Waals surface area contributed by atoms with Crippen molar-refractivity contribution in [2.75, 3.05) is 20.3 Å². The molecule has 0 aromatic heterocycles. The molecule has 0 N–H and O–H groups in total. The van der Waals surface area contributed by atoms with Crippen LogP contribution in [0.15, 0.2) is 30.3 Å². The molecule has 156 valence electrons. The van der Waals surface area contributed by atoms with Crippen molar-refractivity contribution in [3.63, 3.8) is 0 Å². The van der Waals surface area contributed by atoms with Gasteiger partial charge in [-0.25, -0.2) is 9.59 Å². The zero-order chi connectivity index (χ0) is 20.8. The van der Waals surface area contributed by atoms with Gasteiger partial charge in [-0.15, -0.1) is 0 Å². The molecule has 0 bridgehead atoms. The summed E-state index contributed by atoms with van der Waals surface area (Å²) in [5, 5.41) is 0. The number of methoxy groups -OCH3 is 1. The van der Waals surface area contributed by atoms with Gasteiger partial charge in [0.1, 0.15) is 19.3 Å². The molecule has 0 spiro atoms. The van der Waals surface area contributed by atoms with Gasteiger partial charge in [-0.1, -0.05) is 37.3 Å². The smallest absolute Gasteiger partial charge is 0.461 e. The van der Waals surface area contributed by atoms with Crippen LogP contribution >= 0.6 is 0 Å². The highest BCUT2D eigenvalue weighted by Gasteiger charge is 2.15. The van der Waals surface area contributed by atoms with E-state index in [1.807, 2.05) is 37.3 Å². The number of benzene rings is 1. The number of carbonyl (C=O) groups excluding carboxylic acids is 3. The monoisotopic (exact) mass is 396 g/mol. The van der Waals surface area contributed by atoms with E-state index < -0.39 is 18.4 Å². The normalized spacial score (nSPS) is 12.4. The van der Waals surface area contributed by atoms with Gasteiger partial charge in [0, 0.05) is 6.42 Å². The molecule has 0 saturated heterocycles. The molecule has 1 rings (SSSR count). The average molecular weight is 396 g/mol. The molecule has 2 atom stereocenters. The zero-order valence-electron chi connectivity index (χ0n) is 16.6. The Labute approximate surface area is 165 Å². The largest absolute Gasteiger partial charge is 0.508 e. The van der Waals surface area contributed by atoms with Crippen LogP contribution < -0.4 is 0 Å². The number of carbonyl (C=O) groups is 3. The van der Waals surface area contributed by atoms with Crippen LogP contribution in [0.5, 0.6) is 0 Å². The van der Waals surface area contributed by atoms with Crippen LogP contribution in [0.4, 0.5) is 9.59 Å². The first kappa shape index (κ1) is 23.3. The van der Waals surface area contributed by atoms with Gasteiger partial charge in [0.2, 0.25) is 0 Å². The molecular weight excluding hydrogens is 368 g/mol. The Morgan fingerprint density at radius 3 is 2.29 bits per heavy atom. The van der Waals surface area contributed by atoms with Gasteiger partial charge in [0.25, 0.3) is 0 Å². The first-order valence-corrected chi connectivity index (χ1v) is 9.14. The van der Waals surface area contributed by atoms with E-state index in [-0.39, 0.29) is 31.7 Å². The summed E-state index contributed by atoms with van der Waals surface area (Å²) < 4.78 is 24.2. The summed E-state index contributed by atoms with van der Waals surface area (Å²) >= 11 is 0. The number of ether oxygens (including phenoxy) is 5. The molecule has 0 amide bonds. The van der Waals surface area contributed by atoms with Crippen molar-refractivity contribution >= 4 is 18.3 Å². The Balaban J connectivity index is 2.09. The minimum Gasteiger partial charge on any atom is -0.461 e. The van der Waals surface area contributed by atoms with E-state index in [0.717, 1.165) is 5.56 Å². The fourth-order valence-corrected chi connectivity index (χ4v) is 2.18. The maximum Gasteiger partial charge on any atom is 0.508 e. The molecule has 8 nitrogen and oxygen atoms in total. The van der Waals surface area contributed by atoms with Gasteiger partial charge in [0.15, 0.2) is 0 Å². The lowest BCUT2D eigenvalue weighted by molar-refractivity contribution is -0.145. The first-order valence-electron chi connectivity index (χ1n) is 9.14. The molecular formula is C20H28O8. The molecule has 0 fully saturated rings. The third kappa shape index (κ3) is 11.1. The number of esters is 1. The van der Waals surface area contributed by atoms with Crippen molar-refractivity contribution in [1.82, 2.24) is 0 Å². The Morgan fingerprint density at radius 2 is 1.61 bits per heavy atom. The minimum atomic E-state index is -0.847. The van der Waals surface area contributed by atoms with Crippen LogP contribution in [-0.4, -0.2) is 44.7 Å². The van der Waals surface area contributed by atoms with Crippen LogP contribution in [0.3, 0.4) is 0 Å². The van der Waals surface area contributed by atoms with Gasteiger partial charge in [0.05, 0.1) is 13.7 Å². The molecule has 8 heteroatoms. The van der Waals surface area contributed by atoms with Crippen LogP contribution in [0.2, 0.25) is 0 Å². The van der Waals surface area contributed by atoms with Crippen LogP contribution in [0.25, 0.3) is 0 Å². The van der Waals surface area contributed by atoms with E-state index in [0.29, 0.717) is 19.3 Å². The van der Waals surface area contributed by atoms with Crippen LogP contribution in [0.1, 0.15) is 38.7 Å². The minimum absolute atomic E-state index is 0.0658. The van der Waals surface area contributed by atoms with Crippen molar-refractivity contribution in [2.45, 2.75) is 45.8 Å². The maximum absolute atomic E-state index is 11.7. The molecule has 0 saturated carbocycles. The number of hydrogen-bond donors (Lipinski definition) is 0. The fourth-order valence-electron chi connectivity index (χ4n) is 2.18. The molecule has 28 heavy (non-hydrogen) atoms. The lowest BCUT2D eigenvalue weighted by Crippen LogP contribution is -2.24. The third-order valence-corrected chi connectivity index (χ3v) is 3.71. The summed E-state index contributed by atoms with van der Waals surface area (Å²) in [5.41, 5.74) is 0.947. The summed E-state index contributed by atoms with van der Waals surface area (Å²) in [4.78, 5) is 34.2. The SMILES string of the molecule is COC(=O)OCC(C)OC(=O)OCC(C)CCCC(=O)OCc1ccccc1. The summed E-state index contributed by atoms with van der Waals surface area (Å²) in [6.07, 6.45) is -0.689. The van der Waals surface area contributed by atoms with E-state index >= 15 is 0 Å². The van der Waals surface area contributed by atoms with Gasteiger partial charge in [-0.3, -0.25) is 4.79 Å². The van der Waals surface area contributed by atoms with E-state index in [4.69, 9.17) is 14.2 Å². The summed E-state index contributed by atoms with van der Waals surface area (Å²) in [7, 11) is 1.19. The van der Waals surface area contributed by atoms with Gasteiger partial charge in [-0.2, -0.15) is 0 Å². The lowest BCUT2D eigenvalue weighted by atomic mass is 10.1. The molecule has 1 aromatic rings. The molecule has 2 unspecified atom stereocenters. The predicted octanol–water partition coefficient (Wildman–Crippen LogP) is 3.86. The van der Waals surface area contributed by atoms with Crippen molar-refractivity contribution in [2.24, 2.45) is 5.92 Å². The maximum atomic E-state index is 11.7. The van der Waals surface area contributed by atoms with Crippen molar-refractivity contribution in [3.05, 3.63) is 35.9 Å². The fraction of sp³-hybridized carbons (Fsp3) is 0.550. The second-order valence-corrected chi connectivity index (χ2v) is 6.40. The molecule has 0 aliphatic rings.